The van der Waals surface area contributed by atoms with E-state index in [0.29, 0.717) is 31.0 Å². The topological polar surface area (TPSA) is 41.8 Å². The Morgan fingerprint density at radius 2 is 2.20 bits per heavy atom. The van der Waals surface area contributed by atoms with Gasteiger partial charge in [-0.3, -0.25) is 0 Å². The van der Waals surface area contributed by atoms with E-state index in [4.69, 9.17) is 5.73 Å². The molecule has 84 valence electrons. The second-order valence-electron chi connectivity index (χ2n) is 4.03. The first kappa shape index (κ1) is 10.5. The van der Waals surface area contributed by atoms with E-state index < -0.39 is 11.9 Å². The van der Waals surface area contributed by atoms with Crippen LogP contribution in [0.4, 0.5) is 13.2 Å². The molecule has 0 bridgehead atoms. The number of aromatic amines is 1. The molecule has 0 saturated carbocycles. The van der Waals surface area contributed by atoms with E-state index in [1.165, 1.54) is 6.07 Å². The van der Waals surface area contributed by atoms with E-state index in [-0.39, 0.29) is 0 Å². The summed E-state index contributed by atoms with van der Waals surface area (Å²) in [5, 5.41) is 0. The summed E-state index contributed by atoms with van der Waals surface area (Å²) >= 11 is 0. The van der Waals surface area contributed by atoms with Crippen molar-refractivity contribution >= 4 is 0 Å². The van der Waals surface area contributed by atoms with Crippen LogP contribution in [0.5, 0.6) is 0 Å². The fraction of sp³-hybridized carbons (Fsp3) is 0.600. The first-order valence-corrected chi connectivity index (χ1v) is 4.98. The average Bonchev–Trinajstić information content (AvgIpc) is 2.59. The molecule has 0 saturated heterocycles. The number of H-pyrrole nitrogens is 1. The Hall–Kier alpha value is -0.970. The Balaban J connectivity index is 2.26. The van der Waals surface area contributed by atoms with Crippen LogP contribution < -0.4 is 5.73 Å². The van der Waals surface area contributed by atoms with Crippen molar-refractivity contribution < 1.29 is 13.2 Å². The van der Waals surface area contributed by atoms with Gasteiger partial charge in [0, 0.05) is 5.69 Å². The fourth-order valence-corrected chi connectivity index (χ4v) is 2.05. The molecule has 0 fully saturated rings. The minimum absolute atomic E-state index is 0.317. The van der Waals surface area contributed by atoms with Crippen LogP contribution in [0.1, 0.15) is 23.4 Å². The molecule has 0 spiro atoms. The predicted molar refractivity (Wildman–Crippen MR) is 50.4 cm³/mol. The number of hydrogen-bond donors (Lipinski definition) is 2. The van der Waals surface area contributed by atoms with Crippen molar-refractivity contribution in [1.29, 1.82) is 0 Å². The minimum atomic E-state index is -4.27. The van der Waals surface area contributed by atoms with Gasteiger partial charge in [0.05, 0.1) is 0 Å². The Morgan fingerprint density at radius 3 is 2.80 bits per heavy atom. The fourth-order valence-electron chi connectivity index (χ4n) is 2.05. The van der Waals surface area contributed by atoms with Gasteiger partial charge in [0.15, 0.2) is 0 Å². The second-order valence-corrected chi connectivity index (χ2v) is 4.03. The molecule has 1 aromatic heterocycles. The first-order valence-electron chi connectivity index (χ1n) is 4.98. The third-order valence-corrected chi connectivity index (χ3v) is 2.95. The number of halogens is 3. The smallest absolute Gasteiger partial charge is 0.355 e. The first-order chi connectivity index (χ1) is 7.00. The van der Waals surface area contributed by atoms with Crippen LogP contribution in [0, 0.1) is 5.92 Å². The van der Waals surface area contributed by atoms with Crippen molar-refractivity contribution in [2.75, 3.05) is 6.54 Å². The summed E-state index contributed by atoms with van der Waals surface area (Å²) in [4.78, 5) is 2.46. The minimum Gasteiger partial charge on any atom is -0.355 e. The summed E-state index contributed by atoms with van der Waals surface area (Å²) in [5.41, 5.74) is 6.39. The molecular weight excluding hydrogens is 205 g/mol. The van der Waals surface area contributed by atoms with Crippen molar-refractivity contribution in [2.24, 2.45) is 11.7 Å². The van der Waals surface area contributed by atoms with Crippen LogP contribution in [0.2, 0.25) is 0 Å². The number of rotatable bonds is 1. The van der Waals surface area contributed by atoms with Crippen LogP contribution in [-0.2, 0) is 19.0 Å². The molecule has 0 aromatic carbocycles. The zero-order valence-electron chi connectivity index (χ0n) is 8.19. The molecule has 0 aliphatic heterocycles. The number of fused-ring (bicyclic) bond motifs is 1. The lowest BCUT2D eigenvalue weighted by atomic mass is 9.88. The third-order valence-electron chi connectivity index (χ3n) is 2.95. The van der Waals surface area contributed by atoms with E-state index in [0.717, 1.165) is 12.0 Å². The predicted octanol–water partition coefficient (Wildman–Crippen LogP) is 2.10. The van der Waals surface area contributed by atoms with E-state index in [9.17, 15) is 13.2 Å². The Labute approximate surface area is 85.7 Å². The maximum atomic E-state index is 12.4. The standard InChI is InChI=1S/C10H13F3N2/c11-10(12,13)9-4-7-2-1-6(5-14)3-8(7)15-9/h4,6,15H,1-3,5,14H2. The van der Waals surface area contributed by atoms with Gasteiger partial charge in [0.2, 0.25) is 0 Å². The Kier molecular flexibility index (Phi) is 2.50. The number of nitrogens with one attached hydrogen (secondary N) is 1. The van der Waals surface area contributed by atoms with Gasteiger partial charge in [-0.15, -0.1) is 0 Å². The Morgan fingerprint density at radius 1 is 1.47 bits per heavy atom. The monoisotopic (exact) mass is 218 g/mol. The maximum absolute atomic E-state index is 12.4. The molecule has 1 atom stereocenters. The van der Waals surface area contributed by atoms with Gasteiger partial charge in [0.1, 0.15) is 5.69 Å². The number of hydrogen-bond acceptors (Lipinski definition) is 1. The van der Waals surface area contributed by atoms with Crippen LogP contribution in [0.3, 0.4) is 0 Å². The van der Waals surface area contributed by atoms with Gasteiger partial charge < -0.3 is 10.7 Å². The van der Waals surface area contributed by atoms with E-state index in [1.54, 1.807) is 0 Å². The molecule has 2 nitrogen and oxygen atoms in total. The highest BCUT2D eigenvalue weighted by Gasteiger charge is 2.34. The highest BCUT2D eigenvalue weighted by molar-refractivity contribution is 5.30. The highest BCUT2D eigenvalue weighted by atomic mass is 19.4. The second kappa shape index (κ2) is 3.56. The molecule has 0 amide bonds. The Bertz CT molecular complexity index is 354. The molecule has 1 aliphatic rings. The van der Waals surface area contributed by atoms with Crippen LogP contribution in [0.25, 0.3) is 0 Å². The number of aryl methyl sites for hydroxylation is 1. The summed E-state index contributed by atoms with van der Waals surface area (Å²) in [6.45, 7) is 0.541. The molecule has 1 aliphatic carbocycles. The van der Waals surface area contributed by atoms with Gasteiger partial charge in [-0.25, -0.2) is 0 Å². The van der Waals surface area contributed by atoms with Crippen molar-refractivity contribution in [3.63, 3.8) is 0 Å². The molecular formula is C10H13F3N2. The molecule has 2 rings (SSSR count). The van der Waals surface area contributed by atoms with E-state index in [2.05, 4.69) is 4.98 Å². The zero-order valence-corrected chi connectivity index (χ0v) is 8.19. The van der Waals surface area contributed by atoms with Crippen molar-refractivity contribution in [1.82, 2.24) is 4.98 Å². The maximum Gasteiger partial charge on any atom is 0.431 e. The van der Waals surface area contributed by atoms with Gasteiger partial charge in [0.25, 0.3) is 0 Å². The van der Waals surface area contributed by atoms with Gasteiger partial charge >= 0.3 is 6.18 Å². The van der Waals surface area contributed by atoms with Crippen molar-refractivity contribution in [2.45, 2.75) is 25.4 Å². The van der Waals surface area contributed by atoms with Gasteiger partial charge in [-0.05, 0) is 43.4 Å². The SMILES string of the molecule is NCC1CCc2cc(C(F)(F)F)[nH]c2C1. The van der Waals surface area contributed by atoms with Gasteiger partial charge in [-0.2, -0.15) is 13.2 Å². The van der Waals surface area contributed by atoms with Gasteiger partial charge in [-0.1, -0.05) is 0 Å². The summed E-state index contributed by atoms with van der Waals surface area (Å²) < 4.78 is 37.2. The number of alkyl halides is 3. The summed E-state index contributed by atoms with van der Waals surface area (Å²) in [6, 6.07) is 1.22. The van der Waals surface area contributed by atoms with Crippen LogP contribution in [0.15, 0.2) is 6.07 Å². The molecule has 3 N–H and O–H groups in total. The van der Waals surface area contributed by atoms with Crippen molar-refractivity contribution in [3.05, 3.63) is 23.0 Å². The van der Waals surface area contributed by atoms with Crippen LogP contribution >= 0.6 is 0 Å². The highest BCUT2D eigenvalue weighted by Crippen LogP contribution is 2.33. The molecule has 1 unspecified atom stereocenters. The molecule has 1 heterocycles. The largest absolute Gasteiger partial charge is 0.431 e. The third kappa shape index (κ3) is 2.02. The molecule has 1 aromatic rings. The van der Waals surface area contributed by atoms with Crippen molar-refractivity contribution in [3.8, 4) is 0 Å². The lowest BCUT2D eigenvalue weighted by Gasteiger charge is -2.19. The zero-order chi connectivity index (χ0) is 11.1. The average molecular weight is 218 g/mol. The molecule has 5 heteroatoms. The molecule has 0 radical (unpaired) electrons. The van der Waals surface area contributed by atoms with E-state index >= 15 is 0 Å². The number of aromatic nitrogens is 1. The normalized spacial score (nSPS) is 21.5. The summed E-state index contributed by atoms with van der Waals surface area (Å²) in [7, 11) is 0. The van der Waals surface area contributed by atoms with E-state index in [1.807, 2.05) is 0 Å². The quantitative estimate of drug-likeness (QED) is 0.744. The number of nitrogens with two attached hydrogens (primary N) is 1. The summed E-state index contributed by atoms with van der Waals surface area (Å²) in [5.74, 6) is 0.317. The lowest BCUT2D eigenvalue weighted by Crippen LogP contribution is -2.21. The lowest BCUT2D eigenvalue weighted by molar-refractivity contribution is -0.140. The molecule has 15 heavy (non-hydrogen) atoms. The van der Waals surface area contributed by atoms with Crippen LogP contribution in [-0.4, -0.2) is 11.5 Å². The summed E-state index contributed by atoms with van der Waals surface area (Å²) in [6.07, 6.45) is -2.04.